The van der Waals surface area contributed by atoms with Crippen molar-refractivity contribution in [1.29, 1.82) is 0 Å². The van der Waals surface area contributed by atoms with Crippen LogP contribution >= 0.6 is 11.3 Å². The minimum absolute atomic E-state index is 0.0225. The van der Waals surface area contributed by atoms with E-state index in [1.807, 2.05) is 20.8 Å². The zero-order valence-electron chi connectivity index (χ0n) is 11.0. The summed E-state index contributed by atoms with van der Waals surface area (Å²) in [4.78, 5) is 29.3. The maximum atomic E-state index is 12.0. The number of hydrogen-bond donors (Lipinski definition) is 1. The predicted octanol–water partition coefficient (Wildman–Crippen LogP) is 1.98. The van der Waals surface area contributed by atoms with Gasteiger partial charge in [0.15, 0.2) is 5.13 Å². The van der Waals surface area contributed by atoms with Gasteiger partial charge in [0.25, 0.3) is 0 Å². The van der Waals surface area contributed by atoms with E-state index in [4.69, 9.17) is 0 Å². The maximum absolute atomic E-state index is 12.0. The summed E-state index contributed by atoms with van der Waals surface area (Å²) in [5.74, 6) is -0.227. The molecule has 1 N–H and O–H groups in total. The number of likely N-dealkylation sites (N-methyl/N-ethyl adjacent to an activating group) is 1. The van der Waals surface area contributed by atoms with Crippen LogP contribution in [0.15, 0.2) is 11.6 Å². The Labute approximate surface area is 111 Å². The first kappa shape index (κ1) is 14.6. The van der Waals surface area contributed by atoms with Crippen LogP contribution in [0.4, 0.5) is 5.13 Å². The van der Waals surface area contributed by atoms with Gasteiger partial charge in [0.05, 0.1) is 6.54 Å². The lowest BCUT2D eigenvalue weighted by Crippen LogP contribution is -2.40. The highest BCUT2D eigenvalue weighted by Crippen LogP contribution is 2.11. The highest BCUT2D eigenvalue weighted by Gasteiger charge is 2.20. The van der Waals surface area contributed by atoms with Crippen LogP contribution in [0.1, 0.15) is 27.2 Å². The van der Waals surface area contributed by atoms with Crippen LogP contribution in [-0.2, 0) is 9.59 Å². The number of hydrogen-bond acceptors (Lipinski definition) is 4. The number of rotatable bonds is 6. The van der Waals surface area contributed by atoms with Gasteiger partial charge >= 0.3 is 0 Å². The molecule has 0 aliphatic rings. The summed E-state index contributed by atoms with van der Waals surface area (Å²) < 4.78 is 0. The first-order valence-electron chi connectivity index (χ1n) is 6.06. The van der Waals surface area contributed by atoms with Crippen molar-refractivity contribution in [2.24, 2.45) is 5.92 Å². The highest BCUT2D eigenvalue weighted by atomic mass is 32.1. The van der Waals surface area contributed by atoms with Crippen molar-refractivity contribution >= 4 is 28.3 Å². The zero-order chi connectivity index (χ0) is 13.5. The van der Waals surface area contributed by atoms with Crippen molar-refractivity contribution in [3.63, 3.8) is 0 Å². The van der Waals surface area contributed by atoms with E-state index in [-0.39, 0.29) is 24.3 Å². The fraction of sp³-hybridized carbons (Fsp3) is 0.583. The summed E-state index contributed by atoms with van der Waals surface area (Å²) in [6.07, 6.45) is 2.41. The van der Waals surface area contributed by atoms with E-state index in [0.717, 1.165) is 6.42 Å². The SMILES string of the molecule is CCC(C)C(=O)N(CC)CC(=O)Nc1nccs1. The Morgan fingerprint density at radius 1 is 1.50 bits per heavy atom. The van der Waals surface area contributed by atoms with Crippen molar-refractivity contribution in [2.75, 3.05) is 18.4 Å². The van der Waals surface area contributed by atoms with E-state index in [1.54, 1.807) is 16.5 Å². The van der Waals surface area contributed by atoms with Crippen LogP contribution in [0.3, 0.4) is 0 Å². The Bertz CT molecular complexity index is 392. The average Bonchev–Trinajstić information content (AvgIpc) is 2.86. The second-order valence-electron chi connectivity index (χ2n) is 4.05. The average molecular weight is 269 g/mol. The fourth-order valence-electron chi connectivity index (χ4n) is 1.45. The number of aromatic nitrogens is 1. The summed E-state index contributed by atoms with van der Waals surface area (Å²) >= 11 is 1.36. The third-order valence-electron chi connectivity index (χ3n) is 2.74. The molecule has 1 rings (SSSR count). The molecule has 0 radical (unpaired) electrons. The van der Waals surface area contributed by atoms with E-state index in [1.165, 1.54) is 11.3 Å². The number of carbonyl (C=O) groups excluding carboxylic acids is 2. The summed E-state index contributed by atoms with van der Waals surface area (Å²) in [6.45, 7) is 6.33. The van der Waals surface area contributed by atoms with Gasteiger partial charge in [0.1, 0.15) is 0 Å². The zero-order valence-corrected chi connectivity index (χ0v) is 11.8. The van der Waals surface area contributed by atoms with E-state index in [9.17, 15) is 9.59 Å². The van der Waals surface area contributed by atoms with Crippen LogP contribution in [0.2, 0.25) is 0 Å². The Morgan fingerprint density at radius 2 is 2.22 bits per heavy atom. The molecule has 0 aromatic carbocycles. The minimum Gasteiger partial charge on any atom is -0.333 e. The van der Waals surface area contributed by atoms with Crippen molar-refractivity contribution < 1.29 is 9.59 Å². The van der Waals surface area contributed by atoms with Crippen molar-refractivity contribution in [2.45, 2.75) is 27.2 Å². The molecule has 1 unspecified atom stereocenters. The van der Waals surface area contributed by atoms with Gasteiger partial charge in [0, 0.05) is 24.0 Å². The second kappa shape index (κ2) is 7.10. The standard InChI is InChI=1S/C12H19N3O2S/c1-4-9(3)11(17)15(5-2)8-10(16)14-12-13-6-7-18-12/h6-7,9H,4-5,8H2,1-3H3,(H,13,14,16). The van der Waals surface area contributed by atoms with E-state index >= 15 is 0 Å². The molecule has 0 bridgehead atoms. The molecule has 0 spiro atoms. The minimum atomic E-state index is -0.205. The van der Waals surface area contributed by atoms with Crippen LogP contribution in [0.25, 0.3) is 0 Å². The van der Waals surface area contributed by atoms with Crippen LogP contribution in [0.5, 0.6) is 0 Å². The van der Waals surface area contributed by atoms with Gasteiger partial charge < -0.3 is 10.2 Å². The lowest BCUT2D eigenvalue weighted by Gasteiger charge is -2.23. The van der Waals surface area contributed by atoms with Crippen LogP contribution in [-0.4, -0.2) is 34.8 Å². The van der Waals surface area contributed by atoms with Crippen molar-refractivity contribution in [1.82, 2.24) is 9.88 Å². The molecule has 1 aromatic heterocycles. The third-order valence-corrected chi connectivity index (χ3v) is 3.43. The molecule has 0 saturated heterocycles. The lowest BCUT2D eigenvalue weighted by molar-refractivity contribution is -0.137. The largest absolute Gasteiger partial charge is 0.333 e. The number of nitrogens with zero attached hydrogens (tertiary/aromatic N) is 2. The van der Waals surface area contributed by atoms with Crippen molar-refractivity contribution in [3.8, 4) is 0 Å². The Hall–Kier alpha value is -1.43. The fourth-order valence-corrected chi connectivity index (χ4v) is 1.99. The Morgan fingerprint density at radius 3 is 2.72 bits per heavy atom. The number of anilines is 1. The molecule has 6 heteroatoms. The van der Waals surface area contributed by atoms with Crippen LogP contribution < -0.4 is 5.32 Å². The predicted molar refractivity (Wildman–Crippen MR) is 72.5 cm³/mol. The third kappa shape index (κ3) is 4.10. The summed E-state index contributed by atoms with van der Waals surface area (Å²) in [5.41, 5.74) is 0. The van der Waals surface area contributed by atoms with Gasteiger partial charge in [0.2, 0.25) is 11.8 Å². The molecule has 0 fully saturated rings. The van der Waals surface area contributed by atoms with E-state index < -0.39 is 0 Å². The summed E-state index contributed by atoms with van der Waals surface area (Å²) in [5, 5.41) is 5.02. The number of amides is 2. The van der Waals surface area contributed by atoms with Gasteiger partial charge in [-0.1, -0.05) is 13.8 Å². The number of carbonyl (C=O) groups is 2. The molecule has 0 aliphatic carbocycles. The summed E-state index contributed by atoms with van der Waals surface area (Å²) in [6, 6.07) is 0. The molecule has 0 saturated carbocycles. The molecule has 18 heavy (non-hydrogen) atoms. The lowest BCUT2D eigenvalue weighted by atomic mass is 10.1. The molecular formula is C12H19N3O2S. The second-order valence-corrected chi connectivity index (χ2v) is 4.94. The van der Waals surface area contributed by atoms with Crippen LogP contribution in [0, 0.1) is 5.92 Å². The molecular weight excluding hydrogens is 250 g/mol. The molecule has 1 heterocycles. The number of thiazole rings is 1. The normalized spacial score (nSPS) is 11.9. The maximum Gasteiger partial charge on any atom is 0.245 e. The van der Waals surface area contributed by atoms with E-state index in [2.05, 4.69) is 10.3 Å². The molecule has 1 atom stereocenters. The van der Waals surface area contributed by atoms with Gasteiger partial charge in [-0.25, -0.2) is 4.98 Å². The Kier molecular flexibility index (Phi) is 5.77. The molecule has 5 nitrogen and oxygen atoms in total. The van der Waals surface area contributed by atoms with Gasteiger partial charge in [-0.2, -0.15) is 0 Å². The molecule has 2 amide bonds. The highest BCUT2D eigenvalue weighted by molar-refractivity contribution is 7.13. The smallest absolute Gasteiger partial charge is 0.245 e. The molecule has 0 aliphatic heterocycles. The van der Waals surface area contributed by atoms with Gasteiger partial charge in [-0.15, -0.1) is 11.3 Å². The first-order valence-corrected chi connectivity index (χ1v) is 6.94. The van der Waals surface area contributed by atoms with Gasteiger partial charge in [-0.05, 0) is 13.3 Å². The Balaban J connectivity index is 2.52. The topological polar surface area (TPSA) is 62.3 Å². The quantitative estimate of drug-likeness (QED) is 0.859. The monoisotopic (exact) mass is 269 g/mol. The van der Waals surface area contributed by atoms with E-state index in [0.29, 0.717) is 11.7 Å². The molecule has 100 valence electrons. The first-order chi connectivity index (χ1) is 8.58. The van der Waals surface area contributed by atoms with Crippen molar-refractivity contribution in [3.05, 3.63) is 11.6 Å². The number of nitrogens with one attached hydrogen (secondary N) is 1. The molecule has 1 aromatic rings. The van der Waals surface area contributed by atoms with Gasteiger partial charge in [-0.3, -0.25) is 9.59 Å². The summed E-state index contributed by atoms with van der Waals surface area (Å²) in [7, 11) is 0.